The molecular formula is C10H15N3OS. The zero-order chi connectivity index (χ0) is 11.3. The van der Waals surface area contributed by atoms with Crippen LogP contribution in [-0.2, 0) is 12.2 Å². The molecule has 0 unspecified atom stereocenters. The van der Waals surface area contributed by atoms with E-state index in [1.54, 1.807) is 11.8 Å². The van der Waals surface area contributed by atoms with E-state index in [0.29, 0.717) is 24.6 Å². The minimum absolute atomic E-state index is 0.202. The van der Waals surface area contributed by atoms with Crippen molar-refractivity contribution in [3.05, 3.63) is 11.7 Å². The number of nitriles is 1. The van der Waals surface area contributed by atoms with Crippen LogP contribution in [0.25, 0.3) is 0 Å². The maximum atomic E-state index is 8.40. The molecule has 0 radical (unpaired) electrons. The number of thioether (sulfide) groups is 1. The monoisotopic (exact) mass is 225 g/mol. The summed E-state index contributed by atoms with van der Waals surface area (Å²) >= 11 is 1.77. The minimum Gasteiger partial charge on any atom is -0.339 e. The summed E-state index contributed by atoms with van der Waals surface area (Å²) in [5.41, 5.74) is 0. The van der Waals surface area contributed by atoms with Crippen LogP contribution in [-0.4, -0.2) is 14.9 Å². The Kier molecular flexibility index (Phi) is 4.15. The molecule has 1 aromatic rings. The first kappa shape index (κ1) is 12.1. The highest BCUT2D eigenvalue weighted by molar-refractivity contribution is 7.99. The molecule has 0 aliphatic heterocycles. The molecule has 0 N–H and O–H groups in total. The van der Waals surface area contributed by atoms with Gasteiger partial charge < -0.3 is 4.52 Å². The molecule has 0 aliphatic carbocycles. The standard InChI is InChI=1S/C10H15N3OS/c1-10(2,3)15-7-8-12-9(14-13-8)5-4-6-11/h4-5,7H2,1-3H3. The third kappa shape index (κ3) is 4.84. The van der Waals surface area contributed by atoms with Gasteiger partial charge in [-0.2, -0.15) is 10.2 Å². The van der Waals surface area contributed by atoms with Crippen molar-refractivity contribution in [3.8, 4) is 6.07 Å². The summed E-state index contributed by atoms with van der Waals surface area (Å²) in [4.78, 5) is 4.20. The largest absolute Gasteiger partial charge is 0.339 e. The SMILES string of the molecule is CC(C)(C)SCc1noc(CCC#N)n1. The molecule has 0 aliphatic rings. The molecule has 0 atom stereocenters. The van der Waals surface area contributed by atoms with E-state index in [1.807, 2.05) is 6.07 Å². The van der Waals surface area contributed by atoms with Crippen molar-refractivity contribution < 1.29 is 4.52 Å². The average Bonchev–Trinajstić information content (AvgIpc) is 2.58. The Morgan fingerprint density at radius 3 is 2.80 bits per heavy atom. The maximum absolute atomic E-state index is 8.40. The van der Waals surface area contributed by atoms with Crippen LogP contribution in [0.1, 0.15) is 38.9 Å². The van der Waals surface area contributed by atoms with E-state index in [4.69, 9.17) is 9.78 Å². The van der Waals surface area contributed by atoms with Crippen LogP contribution in [0.4, 0.5) is 0 Å². The van der Waals surface area contributed by atoms with E-state index in [1.165, 1.54) is 0 Å². The summed E-state index contributed by atoms with van der Waals surface area (Å²) in [7, 11) is 0. The summed E-state index contributed by atoms with van der Waals surface area (Å²) in [5, 5.41) is 12.3. The Hall–Kier alpha value is -1.02. The molecule has 0 saturated carbocycles. The molecule has 5 heteroatoms. The van der Waals surface area contributed by atoms with Crippen molar-refractivity contribution >= 4 is 11.8 Å². The number of nitrogens with zero attached hydrogens (tertiary/aromatic N) is 3. The fourth-order valence-corrected chi connectivity index (χ4v) is 1.57. The molecule has 0 aromatic carbocycles. The lowest BCUT2D eigenvalue weighted by atomic mass is 10.3. The number of aryl methyl sites for hydroxylation is 1. The van der Waals surface area contributed by atoms with Gasteiger partial charge in [0.1, 0.15) is 0 Å². The molecule has 1 rings (SSSR count). The molecule has 0 spiro atoms. The Labute approximate surface area is 94.1 Å². The fraction of sp³-hybridized carbons (Fsp3) is 0.700. The number of hydrogen-bond donors (Lipinski definition) is 0. The molecule has 1 heterocycles. The van der Waals surface area contributed by atoms with Crippen LogP contribution in [0.15, 0.2) is 4.52 Å². The Bertz CT molecular complexity index is 348. The maximum Gasteiger partial charge on any atom is 0.227 e. The number of aromatic nitrogens is 2. The van der Waals surface area contributed by atoms with E-state index in [9.17, 15) is 0 Å². The molecule has 0 saturated heterocycles. The van der Waals surface area contributed by atoms with Gasteiger partial charge in [0.15, 0.2) is 5.82 Å². The van der Waals surface area contributed by atoms with Gasteiger partial charge in [0.25, 0.3) is 0 Å². The molecule has 82 valence electrons. The van der Waals surface area contributed by atoms with Crippen LogP contribution in [0, 0.1) is 11.3 Å². The first-order chi connectivity index (χ1) is 7.01. The predicted molar refractivity (Wildman–Crippen MR) is 59.3 cm³/mol. The van der Waals surface area contributed by atoms with E-state index in [-0.39, 0.29) is 4.75 Å². The third-order valence-electron chi connectivity index (χ3n) is 1.60. The third-order valence-corrected chi connectivity index (χ3v) is 2.86. The zero-order valence-corrected chi connectivity index (χ0v) is 10.1. The lowest BCUT2D eigenvalue weighted by molar-refractivity contribution is 0.375. The summed E-state index contributed by atoms with van der Waals surface area (Å²) < 4.78 is 5.21. The van der Waals surface area contributed by atoms with Crippen LogP contribution in [0.3, 0.4) is 0 Å². The molecule has 0 amide bonds. The Balaban J connectivity index is 2.43. The van der Waals surface area contributed by atoms with E-state index < -0.39 is 0 Å². The van der Waals surface area contributed by atoms with E-state index in [2.05, 4.69) is 30.9 Å². The normalized spacial score (nSPS) is 11.3. The van der Waals surface area contributed by atoms with Crippen molar-refractivity contribution in [1.82, 2.24) is 10.1 Å². The smallest absolute Gasteiger partial charge is 0.227 e. The van der Waals surface area contributed by atoms with Gasteiger partial charge in [-0.1, -0.05) is 25.9 Å². The average molecular weight is 225 g/mol. The van der Waals surface area contributed by atoms with Gasteiger partial charge in [-0.3, -0.25) is 0 Å². The van der Waals surface area contributed by atoms with Crippen LogP contribution in [0.5, 0.6) is 0 Å². The number of hydrogen-bond acceptors (Lipinski definition) is 5. The summed E-state index contributed by atoms with van der Waals surface area (Å²) in [6.07, 6.45) is 0.970. The summed E-state index contributed by atoms with van der Waals surface area (Å²) in [6.45, 7) is 6.44. The number of rotatable bonds is 4. The minimum atomic E-state index is 0.202. The van der Waals surface area contributed by atoms with Crippen molar-refractivity contribution in [1.29, 1.82) is 5.26 Å². The van der Waals surface area contributed by atoms with Gasteiger partial charge in [0, 0.05) is 17.6 Å². The highest BCUT2D eigenvalue weighted by atomic mass is 32.2. The van der Waals surface area contributed by atoms with Gasteiger partial charge in [0.2, 0.25) is 5.89 Å². The van der Waals surface area contributed by atoms with E-state index in [0.717, 1.165) is 5.75 Å². The fourth-order valence-electron chi connectivity index (χ4n) is 0.894. The Morgan fingerprint density at radius 1 is 1.47 bits per heavy atom. The van der Waals surface area contributed by atoms with Crippen molar-refractivity contribution in [2.45, 2.75) is 44.1 Å². The van der Waals surface area contributed by atoms with Crippen molar-refractivity contribution in [2.24, 2.45) is 0 Å². The highest BCUT2D eigenvalue weighted by Crippen LogP contribution is 2.26. The molecule has 15 heavy (non-hydrogen) atoms. The van der Waals surface area contributed by atoms with E-state index >= 15 is 0 Å². The van der Waals surface area contributed by atoms with Gasteiger partial charge in [0.05, 0.1) is 11.8 Å². The van der Waals surface area contributed by atoms with Crippen molar-refractivity contribution in [3.63, 3.8) is 0 Å². The van der Waals surface area contributed by atoms with Crippen molar-refractivity contribution in [2.75, 3.05) is 0 Å². The Morgan fingerprint density at radius 2 is 2.20 bits per heavy atom. The second-order valence-corrected chi connectivity index (χ2v) is 5.97. The van der Waals surface area contributed by atoms with Crippen LogP contribution < -0.4 is 0 Å². The molecule has 0 bridgehead atoms. The lowest BCUT2D eigenvalue weighted by Crippen LogP contribution is -2.07. The summed E-state index contributed by atoms with van der Waals surface area (Å²) in [6, 6.07) is 2.05. The van der Waals surface area contributed by atoms with Gasteiger partial charge in [-0.15, -0.1) is 11.8 Å². The molecule has 0 fully saturated rings. The second-order valence-electron chi connectivity index (χ2n) is 4.16. The quantitative estimate of drug-likeness (QED) is 0.788. The first-order valence-corrected chi connectivity index (χ1v) is 5.82. The van der Waals surface area contributed by atoms with Crippen LogP contribution in [0.2, 0.25) is 0 Å². The molecule has 4 nitrogen and oxygen atoms in total. The van der Waals surface area contributed by atoms with Gasteiger partial charge in [-0.25, -0.2) is 0 Å². The second kappa shape index (κ2) is 5.17. The highest BCUT2D eigenvalue weighted by Gasteiger charge is 2.13. The first-order valence-electron chi connectivity index (χ1n) is 4.83. The zero-order valence-electron chi connectivity index (χ0n) is 9.28. The van der Waals surface area contributed by atoms with Gasteiger partial charge >= 0.3 is 0 Å². The van der Waals surface area contributed by atoms with Gasteiger partial charge in [-0.05, 0) is 0 Å². The molecule has 1 aromatic heterocycles. The topological polar surface area (TPSA) is 62.7 Å². The summed E-state index contributed by atoms with van der Waals surface area (Å²) in [5.74, 6) is 2.02. The van der Waals surface area contributed by atoms with Crippen LogP contribution >= 0.6 is 11.8 Å². The predicted octanol–water partition coefficient (Wildman–Crippen LogP) is 2.56. The lowest BCUT2D eigenvalue weighted by Gasteiger charge is -2.15. The molecular weight excluding hydrogens is 210 g/mol.